The van der Waals surface area contributed by atoms with Gasteiger partial charge in [0.15, 0.2) is 0 Å². The molecule has 1 aliphatic heterocycles. The average molecular weight is 320 g/mol. The van der Waals surface area contributed by atoms with E-state index >= 15 is 0 Å². The molecule has 0 fully saturated rings. The zero-order chi connectivity index (χ0) is 16.8. The molecule has 0 saturated carbocycles. The van der Waals surface area contributed by atoms with E-state index in [0.29, 0.717) is 11.8 Å². The van der Waals surface area contributed by atoms with Crippen molar-refractivity contribution in [1.82, 2.24) is 0 Å². The number of nitro benzene ring substituents is 1. The zero-order valence-electron chi connectivity index (χ0n) is 13.8. The van der Waals surface area contributed by atoms with E-state index in [1.807, 2.05) is 12.1 Å². The van der Waals surface area contributed by atoms with Gasteiger partial charge >= 0.3 is 0 Å². The second kappa shape index (κ2) is 5.48. The molecule has 1 N–H and O–H groups in total. The number of benzene rings is 2. The molecule has 0 aromatic heterocycles. The minimum atomic E-state index is -0.272. The molecule has 2 aromatic carbocycles. The summed E-state index contributed by atoms with van der Waals surface area (Å²) >= 11 is 0. The van der Waals surface area contributed by atoms with Crippen LogP contribution < -0.4 is 5.32 Å². The molecule has 24 heavy (non-hydrogen) atoms. The lowest BCUT2D eigenvalue weighted by molar-refractivity contribution is -0.385. The van der Waals surface area contributed by atoms with Crippen molar-refractivity contribution < 1.29 is 4.92 Å². The molecule has 0 saturated heterocycles. The second-order valence-electron chi connectivity index (χ2n) is 6.84. The molecule has 4 nitrogen and oxygen atoms in total. The average Bonchev–Trinajstić information content (AvgIpc) is 3.04. The maximum atomic E-state index is 11.5. The number of hydrogen-bond donors (Lipinski definition) is 1. The lowest BCUT2D eigenvalue weighted by atomic mass is 9.75. The van der Waals surface area contributed by atoms with Crippen LogP contribution >= 0.6 is 0 Å². The topological polar surface area (TPSA) is 55.2 Å². The Balaban J connectivity index is 1.86. The van der Waals surface area contributed by atoms with Crippen LogP contribution in [0.4, 0.5) is 11.4 Å². The number of para-hydroxylation sites is 1. The van der Waals surface area contributed by atoms with Crippen LogP contribution in [0.1, 0.15) is 40.6 Å². The summed E-state index contributed by atoms with van der Waals surface area (Å²) in [5, 5.41) is 15.1. The highest BCUT2D eigenvalue weighted by Crippen LogP contribution is 2.51. The van der Waals surface area contributed by atoms with E-state index in [9.17, 15) is 10.1 Å². The number of fused-ring (bicyclic) bond motifs is 3. The maximum Gasteiger partial charge on any atom is 0.274 e. The summed E-state index contributed by atoms with van der Waals surface area (Å²) in [6, 6.07) is 11.5. The van der Waals surface area contributed by atoms with Gasteiger partial charge in [-0.1, -0.05) is 48.0 Å². The summed E-state index contributed by atoms with van der Waals surface area (Å²) in [7, 11) is 0. The number of nitrogens with zero attached hydrogens (tertiary/aromatic N) is 1. The van der Waals surface area contributed by atoms with Gasteiger partial charge in [0.2, 0.25) is 0 Å². The van der Waals surface area contributed by atoms with Gasteiger partial charge in [0, 0.05) is 17.7 Å². The molecule has 4 rings (SSSR count). The number of nitrogens with one attached hydrogen (secondary N) is 1. The summed E-state index contributed by atoms with van der Waals surface area (Å²) < 4.78 is 0. The van der Waals surface area contributed by atoms with Crippen LogP contribution in [0.25, 0.3) is 0 Å². The van der Waals surface area contributed by atoms with Gasteiger partial charge < -0.3 is 5.32 Å². The van der Waals surface area contributed by atoms with Gasteiger partial charge in [-0.05, 0) is 37.3 Å². The third kappa shape index (κ3) is 2.21. The monoisotopic (exact) mass is 320 g/mol. The van der Waals surface area contributed by atoms with E-state index in [1.165, 1.54) is 16.7 Å². The Morgan fingerprint density at radius 3 is 2.75 bits per heavy atom. The highest BCUT2D eigenvalue weighted by molar-refractivity contribution is 5.66. The lowest BCUT2D eigenvalue weighted by Gasteiger charge is -2.38. The van der Waals surface area contributed by atoms with E-state index in [1.54, 1.807) is 12.1 Å². The number of hydrogen-bond acceptors (Lipinski definition) is 3. The highest BCUT2D eigenvalue weighted by atomic mass is 16.6. The third-order valence-electron chi connectivity index (χ3n) is 5.28. The first kappa shape index (κ1) is 14.9. The van der Waals surface area contributed by atoms with Crippen LogP contribution in [-0.2, 0) is 0 Å². The van der Waals surface area contributed by atoms with Crippen molar-refractivity contribution in [2.75, 3.05) is 5.32 Å². The molecule has 4 heteroatoms. The standard InChI is InChI=1S/C20H20N2O2/c1-12-10-13(2)19-17(11-12)14-7-5-8-15(14)20(21-19)16-6-3-4-9-18(16)22(23)24/h3-7,9-11,14-15,20-21H,8H2,1-2H3/t14-,15+,20-/m1/s1. The smallest absolute Gasteiger partial charge is 0.274 e. The zero-order valence-corrected chi connectivity index (χ0v) is 13.8. The molecule has 0 unspecified atom stereocenters. The fourth-order valence-electron chi connectivity index (χ4n) is 4.30. The van der Waals surface area contributed by atoms with E-state index in [2.05, 4.69) is 43.4 Å². The Hall–Kier alpha value is -2.62. The number of aryl methyl sites for hydroxylation is 2. The molecular formula is C20H20N2O2. The summed E-state index contributed by atoms with van der Waals surface area (Å²) in [6.07, 6.45) is 5.43. The molecule has 1 aliphatic carbocycles. The Morgan fingerprint density at radius 1 is 1.17 bits per heavy atom. The molecule has 0 amide bonds. The molecule has 0 spiro atoms. The Kier molecular flexibility index (Phi) is 3.41. The van der Waals surface area contributed by atoms with E-state index in [-0.39, 0.29) is 16.7 Å². The Morgan fingerprint density at radius 2 is 1.96 bits per heavy atom. The van der Waals surface area contributed by atoms with Crippen molar-refractivity contribution >= 4 is 11.4 Å². The summed E-state index contributed by atoms with van der Waals surface area (Å²) in [4.78, 5) is 11.2. The molecule has 2 aliphatic rings. The van der Waals surface area contributed by atoms with Gasteiger partial charge in [-0.25, -0.2) is 0 Å². The fraction of sp³-hybridized carbons (Fsp3) is 0.300. The van der Waals surface area contributed by atoms with Gasteiger partial charge in [-0.3, -0.25) is 10.1 Å². The number of allylic oxidation sites excluding steroid dienone is 2. The van der Waals surface area contributed by atoms with Gasteiger partial charge in [0.1, 0.15) is 0 Å². The number of rotatable bonds is 2. The Bertz CT molecular complexity index is 857. The predicted molar refractivity (Wildman–Crippen MR) is 95.4 cm³/mol. The van der Waals surface area contributed by atoms with Gasteiger partial charge in [-0.2, -0.15) is 0 Å². The van der Waals surface area contributed by atoms with E-state index in [4.69, 9.17) is 0 Å². The highest BCUT2D eigenvalue weighted by Gasteiger charge is 2.40. The summed E-state index contributed by atoms with van der Waals surface area (Å²) in [5.74, 6) is 0.643. The van der Waals surface area contributed by atoms with Crippen LogP contribution in [0.5, 0.6) is 0 Å². The quantitative estimate of drug-likeness (QED) is 0.479. The van der Waals surface area contributed by atoms with Crippen LogP contribution in [0.2, 0.25) is 0 Å². The largest absolute Gasteiger partial charge is 0.377 e. The second-order valence-corrected chi connectivity index (χ2v) is 6.84. The van der Waals surface area contributed by atoms with Crippen molar-refractivity contribution in [3.63, 3.8) is 0 Å². The SMILES string of the molecule is Cc1cc(C)c2c(c1)[C@@H]1C=CC[C@@H]1[C@H](c1ccccc1[N+](=O)[O-])N2. The normalized spacial score (nSPS) is 24.2. The maximum absolute atomic E-state index is 11.5. The van der Waals surface area contributed by atoms with Crippen molar-refractivity contribution in [1.29, 1.82) is 0 Å². The lowest BCUT2D eigenvalue weighted by Crippen LogP contribution is -2.30. The number of anilines is 1. The molecular weight excluding hydrogens is 300 g/mol. The van der Waals surface area contributed by atoms with Crippen LogP contribution in [0, 0.1) is 29.9 Å². The minimum Gasteiger partial charge on any atom is -0.377 e. The number of nitro groups is 1. The fourth-order valence-corrected chi connectivity index (χ4v) is 4.30. The molecule has 122 valence electrons. The first-order chi connectivity index (χ1) is 11.6. The van der Waals surface area contributed by atoms with Crippen molar-refractivity contribution in [3.05, 3.63) is 80.9 Å². The third-order valence-corrected chi connectivity index (χ3v) is 5.28. The molecule has 0 bridgehead atoms. The molecule has 0 radical (unpaired) electrons. The van der Waals surface area contributed by atoms with Crippen molar-refractivity contribution in [3.8, 4) is 0 Å². The van der Waals surface area contributed by atoms with Crippen LogP contribution in [0.15, 0.2) is 48.6 Å². The first-order valence-electron chi connectivity index (χ1n) is 8.34. The predicted octanol–water partition coefficient (Wildman–Crippen LogP) is 5.04. The van der Waals surface area contributed by atoms with E-state index < -0.39 is 0 Å². The van der Waals surface area contributed by atoms with Crippen molar-refractivity contribution in [2.24, 2.45) is 5.92 Å². The van der Waals surface area contributed by atoms with Crippen molar-refractivity contribution in [2.45, 2.75) is 32.2 Å². The first-order valence-corrected chi connectivity index (χ1v) is 8.34. The molecule has 2 aromatic rings. The molecule has 3 atom stereocenters. The van der Waals surface area contributed by atoms with Gasteiger partial charge in [0.25, 0.3) is 5.69 Å². The van der Waals surface area contributed by atoms with Crippen LogP contribution in [0.3, 0.4) is 0 Å². The van der Waals surface area contributed by atoms with Crippen LogP contribution in [-0.4, -0.2) is 4.92 Å². The Labute approximate surface area is 141 Å². The summed E-state index contributed by atoms with van der Waals surface area (Å²) in [5.41, 5.74) is 5.90. The van der Waals surface area contributed by atoms with E-state index in [0.717, 1.165) is 17.7 Å². The summed E-state index contributed by atoms with van der Waals surface area (Å²) in [6.45, 7) is 4.23. The van der Waals surface area contributed by atoms with Gasteiger partial charge in [-0.15, -0.1) is 0 Å². The minimum absolute atomic E-state index is 0.0412. The molecule has 1 heterocycles. The van der Waals surface area contributed by atoms with Gasteiger partial charge in [0.05, 0.1) is 16.5 Å².